The molecule has 0 atom stereocenters. The smallest absolute Gasteiger partial charge is 0.323 e. The first-order valence-corrected chi connectivity index (χ1v) is 6.18. The monoisotopic (exact) mass is 254 g/mol. The van der Waals surface area contributed by atoms with Crippen LogP contribution in [0.3, 0.4) is 0 Å². The van der Waals surface area contributed by atoms with E-state index < -0.39 is 0 Å². The molecule has 1 heterocycles. The molecule has 1 aromatic heterocycles. The van der Waals surface area contributed by atoms with Crippen LogP contribution in [0.2, 0.25) is 0 Å². The predicted molar refractivity (Wildman–Crippen MR) is 72.2 cm³/mol. The van der Waals surface area contributed by atoms with Gasteiger partial charge in [-0.1, -0.05) is 6.92 Å². The lowest BCUT2D eigenvalue weighted by Gasteiger charge is -2.14. The van der Waals surface area contributed by atoms with Gasteiger partial charge in [-0.2, -0.15) is 15.0 Å². The van der Waals surface area contributed by atoms with Crippen LogP contribution >= 0.6 is 0 Å². The lowest BCUT2D eigenvalue weighted by atomic mass is 10.5. The van der Waals surface area contributed by atoms with E-state index in [1.807, 2.05) is 6.92 Å². The minimum Gasteiger partial charge on any atom is -0.464 e. The summed E-state index contributed by atoms with van der Waals surface area (Å²) >= 11 is 0. The Labute approximate surface area is 108 Å². The number of hydrogen-bond acceptors (Lipinski definition) is 7. The number of nitrogens with one attached hydrogen (secondary N) is 2. The fourth-order valence-electron chi connectivity index (χ4n) is 1.26. The normalized spacial score (nSPS) is 10.5. The maximum absolute atomic E-state index is 5.28. The van der Waals surface area contributed by atoms with E-state index in [4.69, 9.17) is 4.74 Å². The molecule has 1 aromatic rings. The molecule has 18 heavy (non-hydrogen) atoms. The highest BCUT2D eigenvalue weighted by Crippen LogP contribution is 2.10. The zero-order valence-electron chi connectivity index (χ0n) is 11.5. The lowest BCUT2D eigenvalue weighted by molar-refractivity contribution is 0.312. The largest absolute Gasteiger partial charge is 0.464 e. The second kappa shape index (κ2) is 7.65. The Balaban J connectivity index is 2.60. The van der Waals surface area contributed by atoms with Crippen molar-refractivity contribution >= 4 is 11.9 Å². The molecule has 0 aliphatic rings. The Hall–Kier alpha value is -1.63. The first-order valence-electron chi connectivity index (χ1n) is 6.18. The summed E-state index contributed by atoms with van der Waals surface area (Å²) in [6.45, 7) is 7.28. The van der Waals surface area contributed by atoms with Gasteiger partial charge in [0.1, 0.15) is 0 Å². The Kier molecular flexibility index (Phi) is 6.13. The van der Waals surface area contributed by atoms with Gasteiger partial charge in [0.25, 0.3) is 0 Å². The second-order valence-corrected chi connectivity index (χ2v) is 3.77. The van der Waals surface area contributed by atoms with Gasteiger partial charge in [-0.15, -0.1) is 0 Å². The zero-order chi connectivity index (χ0) is 13.4. The van der Waals surface area contributed by atoms with E-state index in [9.17, 15) is 0 Å². The van der Waals surface area contributed by atoms with Crippen LogP contribution in [0.5, 0.6) is 6.01 Å². The van der Waals surface area contributed by atoms with Crippen molar-refractivity contribution in [2.24, 2.45) is 0 Å². The van der Waals surface area contributed by atoms with Crippen LogP contribution in [0.4, 0.5) is 11.9 Å². The minimum atomic E-state index is 0.336. The topological polar surface area (TPSA) is 75.2 Å². The molecule has 7 heteroatoms. The first-order chi connectivity index (χ1) is 8.69. The van der Waals surface area contributed by atoms with Crippen LogP contribution in [0.15, 0.2) is 0 Å². The van der Waals surface area contributed by atoms with Gasteiger partial charge >= 0.3 is 6.01 Å². The summed E-state index contributed by atoms with van der Waals surface area (Å²) in [6.07, 6.45) is 0. The molecule has 0 aromatic carbocycles. The van der Waals surface area contributed by atoms with Crippen molar-refractivity contribution in [3.8, 4) is 6.01 Å². The van der Waals surface area contributed by atoms with E-state index in [-0.39, 0.29) is 0 Å². The average Bonchev–Trinajstić information content (AvgIpc) is 2.38. The van der Waals surface area contributed by atoms with Crippen LogP contribution < -0.4 is 15.4 Å². The third kappa shape index (κ3) is 4.70. The van der Waals surface area contributed by atoms with Crippen molar-refractivity contribution in [1.29, 1.82) is 0 Å². The maximum atomic E-state index is 5.28. The third-order valence-corrected chi connectivity index (χ3v) is 2.43. The molecule has 0 amide bonds. The van der Waals surface area contributed by atoms with Crippen LogP contribution in [0, 0.1) is 0 Å². The molecule has 2 N–H and O–H groups in total. The van der Waals surface area contributed by atoms with Crippen molar-refractivity contribution in [3.05, 3.63) is 0 Å². The Morgan fingerprint density at radius 3 is 2.50 bits per heavy atom. The molecule has 0 saturated heterocycles. The second-order valence-electron chi connectivity index (χ2n) is 3.77. The average molecular weight is 254 g/mol. The van der Waals surface area contributed by atoms with E-state index in [0.29, 0.717) is 24.5 Å². The van der Waals surface area contributed by atoms with Crippen molar-refractivity contribution in [1.82, 2.24) is 19.9 Å². The van der Waals surface area contributed by atoms with Crippen molar-refractivity contribution < 1.29 is 4.74 Å². The molecule has 0 spiro atoms. The SMILES string of the molecule is CCOc1nc(NC)nc(NCCN(C)CC)n1. The fraction of sp³-hybridized carbons (Fsp3) is 0.727. The molecule has 0 bridgehead atoms. The first kappa shape index (κ1) is 14.4. The highest BCUT2D eigenvalue weighted by atomic mass is 16.5. The van der Waals surface area contributed by atoms with Crippen LogP contribution in [-0.4, -0.2) is 60.2 Å². The molecular formula is C11H22N6O. The van der Waals surface area contributed by atoms with Gasteiger partial charge in [-0.3, -0.25) is 0 Å². The van der Waals surface area contributed by atoms with Gasteiger partial charge in [0, 0.05) is 20.1 Å². The molecule has 0 aliphatic heterocycles. The highest BCUT2D eigenvalue weighted by Gasteiger charge is 2.05. The molecule has 0 aliphatic carbocycles. The van der Waals surface area contributed by atoms with Gasteiger partial charge in [-0.05, 0) is 20.5 Å². The molecule has 0 fully saturated rings. The standard InChI is InChI=1S/C11H22N6O/c1-5-17(4)8-7-13-10-14-9(12-3)15-11(16-10)18-6-2/h5-8H2,1-4H3,(H2,12,13,14,15,16). The molecule has 7 nitrogen and oxygen atoms in total. The van der Waals surface area contributed by atoms with Crippen molar-refractivity contribution in [2.75, 3.05) is 51.0 Å². The summed E-state index contributed by atoms with van der Waals surface area (Å²) in [7, 11) is 3.83. The molecule has 0 unspecified atom stereocenters. The molecule has 0 radical (unpaired) electrons. The number of aromatic nitrogens is 3. The molecule has 0 saturated carbocycles. The highest BCUT2D eigenvalue weighted by molar-refractivity contribution is 5.35. The Morgan fingerprint density at radius 1 is 1.17 bits per heavy atom. The molecular weight excluding hydrogens is 232 g/mol. The summed E-state index contributed by atoms with van der Waals surface area (Å²) < 4.78 is 5.28. The quantitative estimate of drug-likeness (QED) is 0.706. The minimum absolute atomic E-state index is 0.336. The predicted octanol–water partition coefficient (Wildman–Crippen LogP) is 0.676. The maximum Gasteiger partial charge on any atom is 0.323 e. The van der Waals surface area contributed by atoms with E-state index in [1.54, 1.807) is 7.05 Å². The van der Waals surface area contributed by atoms with Crippen molar-refractivity contribution in [2.45, 2.75) is 13.8 Å². The number of likely N-dealkylation sites (N-methyl/N-ethyl adjacent to an activating group) is 1. The van der Waals surface area contributed by atoms with E-state index >= 15 is 0 Å². The number of anilines is 2. The van der Waals surface area contributed by atoms with Crippen molar-refractivity contribution in [3.63, 3.8) is 0 Å². The van der Waals surface area contributed by atoms with Crippen LogP contribution in [-0.2, 0) is 0 Å². The number of nitrogens with zero attached hydrogens (tertiary/aromatic N) is 4. The number of hydrogen-bond donors (Lipinski definition) is 2. The lowest BCUT2D eigenvalue weighted by Crippen LogP contribution is -2.25. The van der Waals surface area contributed by atoms with Gasteiger partial charge in [0.2, 0.25) is 11.9 Å². The van der Waals surface area contributed by atoms with Gasteiger partial charge in [-0.25, -0.2) is 0 Å². The molecule has 1 rings (SSSR count). The summed E-state index contributed by atoms with van der Waals surface area (Å²) in [5, 5.41) is 6.04. The van der Waals surface area contributed by atoms with Crippen LogP contribution in [0.25, 0.3) is 0 Å². The number of ether oxygens (including phenoxy) is 1. The summed E-state index contributed by atoms with van der Waals surface area (Å²) in [4.78, 5) is 14.7. The zero-order valence-corrected chi connectivity index (χ0v) is 11.5. The van der Waals surface area contributed by atoms with Gasteiger partial charge in [0.15, 0.2) is 0 Å². The number of rotatable bonds is 8. The third-order valence-electron chi connectivity index (χ3n) is 2.43. The Morgan fingerprint density at radius 2 is 1.89 bits per heavy atom. The summed E-state index contributed by atoms with van der Waals surface area (Å²) in [5.74, 6) is 1.03. The van der Waals surface area contributed by atoms with E-state index in [1.165, 1.54) is 0 Å². The van der Waals surface area contributed by atoms with E-state index in [2.05, 4.69) is 44.5 Å². The summed E-state index contributed by atoms with van der Waals surface area (Å²) in [5.41, 5.74) is 0. The van der Waals surface area contributed by atoms with Crippen LogP contribution in [0.1, 0.15) is 13.8 Å². The Bertz CT molecular complexity index is 359. The molecule has 102 valence electrons. The van der Waals surface area contributed by atoms with Gasteiger partial charge in [0.05, 0.1) is 6.61 Å². The van der Waals surface area contributed by atoms with E-state index in [0.717, 1.165) is 19.6 Å². The summed E-state index contributed by atoms with van der Waals surface area (Å²) in [6, 6.07) is 0.336. The van der Waals surface area contributed by atoms with Gasteiger partial charge < -0.3 is 20.3 Å². The fourth-order valence-corrected chi connectivity index (χ4v) is 1.26.